The van der Waals surface area contributed by atoms with Gasteiger partial charge in [0, 0.05) is 6.42 Å². The maximum absolute atomic E-state index is 8.69. The Kier molecular flexibility index (Phi) is 1.82. The normalized spacial score (nSPS) is 10.8. The minimum atomic E-state index is 0.0232. The number of aliphatic hydroxyl groups is 1. The lowest BCUT2D eigenvalue weighted by Crippen LogP contribution is -2.06. The number of hydrogen-bond acceptors (Lipinski definition) is 4. The molecule has 13 heavy (non-hydrogen) atoms. The topological polar surface area (TPSA) is 102 Å². The first-order valence-electron chi connectivity index (χ1n) is 3.93. The second-order valence-corrected chi connectivity index (χ2v) is 2.66. The highest BCUT2D eigenvalue weighted by atomic mass is 16.3. The molecule has 5 N–H and O–H groups in total. The van der Waals surface area contributed by atoms with Gasteiger partial charge in [-0.05, 0) is 0 Å². The summed E-state index contributed by atoms with van der Waals surface area (Å²) in [7, 11) is 0. The number of rotatable bonds is 2. The zero-order valence-corrected chi connectivity index (χ0v) is 6.91. The average molecular weight is 180 g/mol. The van der Waals surface area contributed by atoms with Crippen LogP contribution >= 0.6 is 0 Å². The molecule has 0 aliphatic carbocycles. The number of anilines is 1. The lowest BCUT2D eigenvalue weighted by molar-refractivity contribution is -0.347. The Morgan fingerprint density at radius 1 is 1.54 bits per heavy atom. The fourth-order valence-electron chi connectivity index (χ4n) is 1.16. The molecule has 2 aromatic heterocycles. The van der Waals surface area contributed by atoms with Gasteiger partial charge in [-0.3, -0.25) is 4.98 Å². The number of aromatic amines is 2. The van der Waals surface area contributed by atoms with Crippen molar-refractivity contribution >= 4 is 17.0 Å². The number of nitrogens with two attached hydrogens (primary N) is 1. The van der Waals surface area contributed by atoms with Gasteiger partial charge in [-0.25, -0.2) is 4.98 Å². The van der Waals surface area contributed by atoms with Crippen molar-refractivity contribution < 1.29 is 10.1 Å². The van der Waals surface area contributed by atoms with Crippen LogP contribution in [0.1, 0.15) is 5.82 Å². The van der Waals surface area contributed by atoms with E-state index in [9.17, 15) is 0 Å². The van der Waals surface area contributed by atoms with E-state index in [0.717, 1.165) is 0 Å². The average Bonchev–Trinajstić information content (AvgIpc) is 2.53. The lowest BCUT2D eigenvalue weighted by Gasteiger charge is -1.93. The van der Waals surface area contributed by atoms with Crippen LogP contribution in [0, 0.1) is 0 Å². The number of nitrogen functional groups attached to an aromatic ring is 1. The monoisotopic (exact) mass is 180 g/mol. The molecule has 6 nitrogen and oxygen atoms in total. The molecule has 0 saturated carbocycles. The largest absolute Gasteiger partial charge is 0.396 e. The van der Waals surface area contributed by atoms with E-state index in [-0.39, 0.29) is 6.61 Å². The number of hydrogen-bond donors (Lipinski definition) is 3. The molecule has 68 valence electrons. The second-order valence-electron chi connectivity index (χ2n) is 2.66. The molecule has 0 aliphatic heterocycles. The van der Waals surface area contributed by atoms with E-state index in [4.69, 9.17) is 10.8 Å². The number of H-pyrrole nitrogens is 2. The number of nitrogens with zero attached hydrogens (tertiary/aromatic N) is 2. The highest BCUT2D eigenvalue weighted by Gasteiger charge is 2.12. The standard InChI is InChI=1S/C7H9N5O/c8-6-5-7(10-3-9-5)12-4(11-6)1-2-13/h3,13H,1-2H2,(H3,8,9,10,11,12)/p+1. The Labute approximate surface area is 73.8 Å². The first-order chi connectivity index (χ1) is 6.31. The molecule has 0 bridgehead atoms. The minimum absolute atomic E-state index is 0.0232. The molecule has 2 rings (SSSR count). The third kappa shape index (κ3) is 1.31. The smallest absolute Gasteiger partial charge is 0.305 e. The van der Waals surface area contributed by atoms with E-state index in [1.165, 1.54) is 0 Å². The number of imidazole rings is 1. The number of aliphatic hydroxyl groups excluding tert-OH is 1. The molecule has 0 aromatic carbocycles. The number of aromatic nitrogens is 4. The van der Waals surface area contributed by atoms with Crippen molar-refractivity contribution in [2.45, 2.75) is 6.42 Å². The van der Waals surface area contributed by atoms with Crippen molar-refractivity contribution in [2.24, 2.45) is 0 Å². The molecular formula is C7H10N5O+. The fourth-order valence-corrected chi connectivity index (χ4v) is 1.16. The van der Waals surface area contributed by atoms with Crippen LogP contribution in [0.5, 0.6) is 0 Å². The SMILES string of the molecule is Nc1nc(CCO)nc2[nH+]c[nH]c12. The molecule has 2 heterocycles. The predicted octanol–water partition coefficient (Wildman–Crippen LogP) is -1.11. The van der Waals surface area contributed by atoms with E-state index in [2.05, 4.69) is 19.9 Å². The van der Waals surface area contributed by atoms with Gasteiger partial charge in [0.25, 0.3) is 0 Å². The third-order valence-corrected chi connectivity index (χ3v) is 1.74. The summed E-state index contributed by atoms with van der Waals surface area (Å²) in [6.45, 7) is 0.0232. The van der Waals surface area contributed by atoms with E-state index >= 15 is 0 Å². The highest BCUT2D eigenvalue weighted by Crippen LogP contribution is 2.10. The van der Waals surface area contributed by atoms with Crippen molar-refractivity contribution in [2.75, 3.05) is 12.3 Å². The van der Waals surface area contributed by atoms with Gasteiger partial charge < -0.3 is 10.8 Å². The summed E-state index contributed by atoms with van der Waals surface area (Å²) in [6.07, 6.45) is 2.05. The van der Waals surface area contributed by atoms with Crippen LogP contribution in [0.25, 0.3) is 11.2 Å². The highest BCUT2D eigenvalue weighted by molar-refractivity contribution is 5.78. The minimum Gasteiger partial charge on any atom is -0.396 e. The summed E-state index contributed by atoms with van der Waals surface area (Å²) < 4.78 is 0. The van der Waals surface area contributed by atoms with Gasteiger partial charge in [-0.1, -0.05) is 4.98 Å². The number of nitrogens with one attached hydrogen (secondary N) is 2. The Balaban J connectivity index is 2.56. The summed E-state index contributed by atoms with van der Waals surface area (Å²) in [4.78, 5) is 13.9. The Bertz CT molecular complexity index is 424. The second kappa shape index (κ2) is 2.98. The van der Waals surface area contributed by atoms with E-state index < -0.39 is 0 Å². The fraction of sp³-hybridized carbons (Fsp3) is 0.286. The van der Waals surface area contributed by atoms with Crippen molar-refractivity contribution in [3.63, 3.8) is 0 Å². The maximum atomic E-state index is 8.69. The van der Waals surface area contributed by atoms with Crippen molar-refractivity contribution in [1.82, 2.24) is 15.0 Å². The van der Waals surface area contributed by atoms with Crippen LogP contribution in [-0.2, 0) is 6.42 Å². The van der Waals surface area contributed by atoms with E-state index in [1.807, 2.05) is 0 Å². The Hall–Kier alpha value is -1.69. The van der Waals surface area contributed by atoms with Crippen LogP contribution in [0.2, 0.25) is 0 Å². The van der Waals surface area contributed by atoms with Gasteiger partial charge in [-0.2, -0.15) is 4.98 Å². The molecular weight excluding hydrogens is 170 g/mol. The van der Waals surface area contributed by atoms with Crippen molar-refractivity contribution in [3.05, 3.63) is 12.2 Å². The number of fused-ring (bicyclic) bond motifs is 1. The molecule has 2 aromatic rings. The molecule has 0 aliphatic rings. The summed E-state index contributed by atoms with van der Waals surface area (Å²) in [5, 5.41) is 8.69. The molecule has 0 spiro atoms. The van der Waals surface area contributed by atoms with Crippen LogP contribution in [0.15, 0.2) is 6.33 Å². The van der Waals surface area contributed by atoms with Crippen LogP contribution in [0.3, 0.4) is 0 Å². The molecule has 0 amide bonds. The van der Waals surface area contributed by atoms with Gasteiger partial charge >= 0.3 is 5.65 Å². The van der Waals surface area contributed by atoms with Crippen molar-refractivity contribution in [1.29, 1.82) is 0 Å². The quantitative estimate of drug-likeness (QED) is 0.545. The van der Waals surface area contributed by atoms with E-state index in [0.29, 0.717) is 29.2 Å². The lowest BCUT2D eigenvalue weighted by atomic mass is 10.4. The van der Waals surface area contributed by atoms with Gasteiger partial charge in [-0.15, -0.1) is 0 Å². The molecule has 0 fully saturated rings. The summed E-state index contributed by atoms with van der Waals surface area (Å²) in [5.41, 5.74) is 7.01. The van der Waals surface area contributed by atoms with E-state index in [1.54, 1.807) is 6.33 Å². The Morgan fingerprint density at radius 3 is 3.15 bits per heavy atom. The van der Waals surface area contributed by atoms with Crippen LogP contribution in [-0.4, -0.2) is 26.7 Å². The first kappa shape index (κ1) is 7.93. The Morgan fingerprint density at radius 2 is 2.38 bits per heavy atom. The zero-order chi connectivity index (χ0) is 9.26. The zero-order valence-electron chi connectivity index (χ0n) is 6.91. The molecule has 0 unspecified atom stereocenters. The van der Waals surface area contributed by atoms with Crippen molar-refractivity contribution in [3.8, 4) is 0 Å². The first-order valence-corrected chi connectivity index (χ1v) is 3.93. The van der Waals surface area contributed by atoms with Crippen LogP contribution in [0.4, 0.5) is 5.82 Å². The summed E-state index contributed by atoms with van der Waals surface area (Å²) in [5.74, 6) is 0.943. The third-order valence-electron chi connectivity index (χ3n) is 1.74. The predicted molar refractivity (Wildman–Crippen MR) is 45.6 cm³/mol. The summed E-state index contributed by atoms with van der Waals surface area (Å²) >= 11 is 0. The van der Waals surface area contributed by atoms with Crippen LogP contribution < -0.4 is 10.7 Å². The molecule has 0 saturated heterocycles. The molecule has 0 radical (unpaired) electrons. The van der Waals surface area contributed by atoms with Gasteiger partial charge in [0.05, 0.1) is 6.61 Å². The summed E-state index contributed by atoms with van der Waals surface area (Å²) in [6, 6.07) is 0. The molecule has 6 heteroatoms. The molecule has 0 atom stereocenters. The van der Waals surface area contributed by atoms with Gasteiger partial charge in [0.1, 0.15) is 0 Å². The van der Waals surface area contributed by atoms with Gasteiger partial charge in [0.15, 0.2) is 12.1 Å². The maximum Gasteiger partial charge on any atom is 0.305 e. The van der Waals surface area contributed by atoms with Gasteiger partial charge in [0.2, 0.25) is 11.3 Å².